The highest BCUT2D eigenvalue weighted by Gasteiger charge is 2.44. The van der Waals surface area contributed by atoms with Crippen LogP contribution in [0.3, 0.4) is 0 Å². The van der Waals surface area contributed by atoms with Crippen LogP contribution < -0.4 is 0 Å². The summed E-state index contributed by atoms with van der Waals surface area (Å²) in [5.74, 6) is 2.21. The third-order valence-corrected chi connectivity index (χ3v) is 7.31. The van der Waals surface area contributed by atoms with Crippen molar-refractivity contribution in [2.75, 3.05) is 24.7 Å². The summed E-state index contributed by atoms with van der Waals surface area (Å²) in [6.07, 6.45) is 5.16. The van der Waals surface area contributed by atoms with Crippen LogP contribution in [0.25, 0.3) is 10.8 Å². The molecule has 0 amide bonds. The van der Waals surface area contributed by atoms with E-state index >= 15 is 0 Å². The van der Waals surface area contributed by atoms with Crippen molar-refractivity contribution in [3.63, 3.8) is 0 Å². The van der Waals surface area contributed by atoms with Crippen LogP contribution in [0, 0.1) is 0 Å². The number of benzene rings is 2. The maximum atomic E-state index is 6.23. The third kappa shape index (κ3) is 4.78. The molecule has 3 rings (SSSR count). The van der Waals surface area contributed by atoms with E-state index in [2.05, 4.69) is 56.3 Å². The first-order valence-corrected chi connectivity index (χ1v) is 11.3. The van der Waals surface area contributed by atoms with Gasteiger partial charge in [-0.3, -0.25) is 0 Å². The van der Waals surface area contributed by atoms with Crippen LogP contribution in [-0.2, 0) is 20.4 Å². The highest BCUT2D eigenvalue weighted by molar-refractivity contribution is 7.97. The molecule has 1 aliphatic heterocycles. The van der Waals surface area contributed by atoms with E-state index < -0.39 is 0 Å². The summed E-state index contributed by atoms with van der Waals surface area (Å²) in [5, 5.41) is 2.74. The number of unbranched alkanes of at least 4 members (excludes halogenated alkanes) is 2. The summed E-state index contributed by atoms with van der Waals surface area (Å²) in [6, 6.07) is 15.5. The number of rotatable bonds is 9. The van der Waals surface area contributed by atoms with Crippen LogP contribution in [0.4, 0.5) is 0 Å². The Labute approximate surface area is 155 Å². The Morgan fingerprint density at radius 2 is 1.44 bits per heavy atom. The second kappa shape index (κ2) is 9.61. The van der Waals surface area contributed by atoms with Crippen molar-refractivity contribution in [3.8, 4) is 0 Å². The lowest BCUT2D eigenvalue weighted by molar-refractivity contribution is -0.0476. The Morgan fingerprint density at radius 1 is 0.840 bits per heavy atom. The van der Waals surface area contributed by atoms with Crippen LogP contribution in [0.5, 0.6) is 0 Å². The zero-order valence-electron chi connectivity index (χ0n) is 15.6. The number of fused-ring (bicyclic) bond motifs is 1. The lowest BCUT2D eigenvalue weighted by Gasteiger charge is -2.17. The van der Waals surface area contributed by atoms with E-state index in [9.17, 15) is 0 Å². The van der Waals surface area contributed by atoms with E-state index in [4.69, 9.17) is 9.47 Å². The van der Waals surface area contributed by atoms with Crippen molar-refractivity contribution < 1.29 is 9.47 Å². The molecule has 0 aromatic heterocycles. The van der Waals surface area contributed by atoms with Gasteiger partial charge in [-0.25, -0.2) is 0 Å². The molecule has 0 radical (unpaired) electrons. The number of ether oxygens (including phenoxy) is 2. The van der Waals surface area contributed by atoms with Gasteiger partial charge in [0, 0.05) is 29.5 Å². The maximum absolute atomic E-state index is 6.23. The third-order valence-electron chi connectivity index (χ3n) is 4.87. The molecule has 1 heterocycles. The lowest BCUT2D eigenvalue weighted by Crippen LogP contribution is -2.30. The molecule has 2 nitrogen and oxygen atoms in total. The molecule has 0 saturated carbocycles. The van der Waals surface area contributed by atoms with Gasteiger partial charge in [0.2, 0.25) is 0 Å². The molecule has 1 fully saturated rings. The van der Waals surface area contributed by atoms with Crippen molar-refractivity contribution in [1.82, 2.24) is 0 Å². The molecule has 2 atom stereocenters. The summed E-state index contributed by atoms with van der Waals surface area (Å²) in [7, 11) is 0.214. The minimum atomic E-state index is 0.214. The van der Waals surface area contributed by atoms with Gasteiger partial charge in [0.1, 0.15) is 23.7 Å². The molecule has 2 aromatic rings. The predicted molar refractivity (Wildman–Crippen MR) is 109 cm³/mol. The highest BCUT2D eigenvalue weighted by Crippen LogP contribution is 2.32. The van der Waals surface area contributed by atoms with Gasteiger partial charge in [-0.1, -0.05) is 57.0 Å². The van der Waals surface area contributed by atoms with E-state index in [1.165, 1.54) is 28.5 Å². The van der Waals surface area contributed by atoms with Gasteiger partial charge in [-0.05, 0) is 30.4 Å². The fourth-order valence-corrected chi connectivity index (χ4v) is 6.05. The zero-order chi connectivity index (χ0) is 17.5. The topological polar surface area (TPSA) is 18.5 Å². The van der Waals surface area contributed by atoms with Crippen molar-refractivity contribution in [2.24, 2.45) is 0 Å². The Morgan fingerprint density at radius 3 is 2.08 bits per heavy atom. The molecule has 3 heteroatoms. The lowest BCUT2D eigenvalue weighted by atomic mass is 10.1. The second-order valence-corrected chi connectivity index (χ2v) is 8.92. The SMILES string of the molecule is CCCCOC1C[S+](c2cccc3ccccc23)CC1OCCCC. The van der Waals surface area contributed by atoms with Crippen LogP contribution in [0.2, 0.25) is 0 Å². The Bertz CT molecular complexity index is 634. The van der Waals surface area contributed by atoms with E-state index in [0.717, 1.165) is 37.6 Å². The minimum Gasteiger partial charge on any atom is -0.370 e. The first kappa shape index (κ1) is 18.8. The van der Waals surface area contributed by atoms with Crippen molar-refractivity contribution in [3.05, 3.63) is 42.5 Å². The van der Waals surface area contributed by atoms with E-state index in [0.29, 0.717) is 0 Å². The molecule has 0 spiro atoms. The van der Waals surface area contributed by atoms with Crippen molar-refractivity contribution in [1.29, 1.82) is 0 Å². The summed E-state index contributed by atoms with van der Waals surface area (Å²) in [4.78, 5) is 1.49. The fourth-order valence-electron chi connectivity index (χ4n) is 3.38. The van der Waals surface area contributed by atoms with Gasteiger partial charge in [0.15, 0.2) is 4.90 Å². The van der Waals surface area contributed by atoms with Gasteiger partial charge >= 0.3 is 0 Å². The Balaban J connectivity index is 1.75. The molecule has 136 valence electrons. The first-order valence-electron chi connectivity index (χ1n) is 9.72. The van der Waals surface area contributed by atoms with Crippen molar-refractivity contribution >= 4 is 21.7 Å². The fraction of sp³-hybridized carbons (Fsp3) is 0.545. The average molecular weight is 360 g/mol. The van der Waals surface area contributed by atoms with Crippen LogP contribution in [0.15, 0.2) is 47.4 Å². The summed E-state index contributed by atoms with van der Waals surface area (Å²) in [6.45, 7) is 6.16. The number of hydrogen-bond acceptors (Lipinski definition) is 2. The van der Waals surface area contributed by atoms with E-state index in [1.54, 1.807) is 0 Å². The molecular formula is C22H31O2S+. The largest absolute Gasteiger partial charge is 0.370 e. The molecule has 1 aliphatic rings. The van der Waals surface area contributed by atoms with E-state index in [1.807, 2.05) is 0 Å². The molecular weight excluding hydrogens is 328 g/mol. The monoisotopic (exact) mass is 359 g/mol. The molecule has 2 aromatic carbocycles. The van der Waals surface area contributed by atoms with Crippen LogP contribution in [-0.4, -0.2) is 36.9 Å². The molecule has 25 heavy (non-hydrogen) atoms. The second-order valence-electron chi connectivity index (χ2n) is 6.83. The average Bonchev–Trinajstić information content (AvgIpc) is 3.04. The molecule has 0 bridgehead atoms. The van der Waals surface area contributed by atoms with Crippen LogP contribution >= 0.6 is 0 Å². The Kier molecular flexibility index (Phi) is 7.21. The summed E-state index contributed by atoms with van der Waals surface area (Å²) in [5.41, 5.74) is 0. The molecule has 0 N–H and O–H groups in total. The highest BCUT2D eigenvalue weighted by atomic mass is 32.2. The van der Waals surface area contributed by atoms with Gasteiger partial charge in [-0.15, -0.1) is 0 Å². The molecule has 2 unspecified atom stereocenters. The number of hydrogen-bond donors (Lipinski definition) is 0. The normalized spacial score (nSPS) is 23.4. The predicted octanol–water partition coefficient (Wildman–Crippen LogP) is 5.20. The first-order chi connectivity index (χ1) is 12.3. The summed E-state index contributed by atoms with van der Waals surface area (Å²) >= 11 is 0. The smallest absolute Gasteiger partial charge is 0.162 e. The summed E-state index contributed by atoms with van der Waals surface area (Å²) < 4.78 is 12.5. The zero-order valence-corrected chi connectivity index (χ0v) is 16.4. The van der Waals surface area contributed by atoms with Gasteiger partial charge in [-0.2, -0.15) is 0 Å². The van der Waals surface area contributed by atoms with Crippen molar-refractivity contribution in [2.45, 2.75) is 56.6 Å². The van der Waals surface area contributed by atoms with Gasteiger partial charge in [0.05, 0.1) is 0 Å². The van der Waals surface area contributed by atoms with E-state index in [-0.39, 0.29) is 23.1 Å². The maximum Gasteiger partial charge on any atom is 0.162 e. The molecule has 1 saturated heterocycles. The van der Waals surface area contributed by atoms with Gasteiger partial charge < -0.3 is 9.47 Å². The quantitative estimate of drug-likeness (QED) is 0.452. The van der Waals surface area contributed by atoms with Gasteiger partial charge in [0.25, 0.3) is 0 Å². The standard InChI is InChI=1S/C22H31O2S/c1-3-5-14-23-20-16-25(17-21(20)24-15-6-4-2)22-13-9-11-18-10-7-8-12-19(18)22/h7-13,20-21H,3-6,14-17H2,1-2H3/q+1. The minimum absolute atomic E-state index is 0.214. The molecule has 0 aliphatic carbocycles. The Hall–Kier alpha value is -1.03. The van der Waals surface area contributed by atoms with Crippen LogP contribution in [0.1, 0.15) is 39.5 Å².